The fourth-order valence-corrected chi connectivity index (χ4v) is 2.53. The van der Waals surface area contributed by atoms with Gasteiger partial charge in [0.2, 0.25) is 0 Å². The predicted molar refractivity (Wildman–Crippen MR) is 73.7 cm³/mol. The van der Waals surface area contributed by atoms with Crippen LogP contribution in [-0.4, -0.2) is 18.6 Å². The number of nitrogens with one attached hydrogen (secondary N) is 1. The van der Waals surface area contributed by atoms with Gasteiger partial charge in [-0.05, 0) is 49.8 Å². The van der Waals surface area contributed by atoms with Gasteiger partial charge >= 0.3 is 0 Å². The highest BCUT2D eigenvalue weighted by Crippen LogP contribution is 2.42. The third kappa shape index (κ3) is 3.22. The first-order valence-electron chi connectivity index (χ1n) is 7.01. The van der Waals surface area contributed by atoms with E-state index >= 15 is 0 Å². The van der Waals surface area contributed by atoms with Gasteiger partial charge in [-0.15, -0.1) is 0 Å². The van der Waals surface area contributed by atoms with Gasteiger partial charge in [0.15, 0.2) is 0 Å². The second-order valence-corrected chi connectivity index (χ2v) is 5.27. The summed E-state index contributed by atoms with van der Waals surface area (Å²) in [6, 6.07) is 2.51. The summed E-state index contributed by atoms with van der Waals surface area (Å²) >= 11 is 0. The normalized spacial score (nSPS) is 18.4. The second-order valence-electron chi connectivity index (χ2n) is 5.27. The van der Waals surface area contributed by atoms with E-state index in [1.165, 1.54) is 18.4 Å². The van der Waals surface area contributed by atoms with Gasteiger partial charge in [-0.1, -0.05) is 13.8 Å². The lowest BCUT2D eigenvalue weighted by Crippen LogP contribution is -2.24. The summed E-state index contributed by atoms with van der Waals surface area (Å²) in [5.41, 5.74) is 1.24. The highest BCUT2D eigenvalue weighted by atomic mass is 16.5. The lowest BCUT2D eigenvalue weighted by atomic mass is 9.91. The molecule has 1 N–H and O–H groups in total. The minimum absolute atomic E-state index is 0.384. The van der Waals surface area contributed by atoms with Crippen LogP contribution in [0.5, 0.6) is 5.75 Å². The van der Waals surface area contributed by atoms with Gasteiger partial charge in [0.05, 0.1) is 12.8 Å². The topological polar surface area (TPSA) is 34.1 Å². The first kappa shape index (κ1) is 13.3. The van der Waals surface area contributed by atoms with E-state index in [-0.39, 0.29) is 0 Å². The highest BCUT2D eigenvalue weighted by Gasteiger charge is 2.33. The van der Waals surface area contributed by atoms with Crippen molar-refractivity contribution in [1.29, 1.82) is 0 Å². The molecule has 3 nitrogen and oxygen atoms in total. The Balaban J connectivity index is 2.09. The van der Waals surface area contributed by atoms with Gasteiger partial charge in [-0.25, -0.2) is 0 Å². The molecule has 0 amide bonds. The lowest BCUT2D eigenvalue weighted by Gasteiger charge is -2.24. The van der Waals surface area contributed by atoms with Crippen molar-refractivity contribution in [2.45, 2.75) is 39.2 Å². The first-order chi connectivity index (χ1) is 8.76. The second kappa shape index (κ2) is 6.19. The Morgan fingerprint density at radius 1 is 1.44 bits per heavy atom. The number of nitrogens with zero attached hydrogens (tertiary/aromatic N) is 1. The molecule has 18 heavy (non-hydrogen) atoms. The third-order valence-corrected chi connectivity index (χ3v) is 3.77. The molecule has 2 unspecified atom stereocenters. The Bertz CT molecular complexity index is 377. The van der Waals surface area contributed by atoms with Crippen molar-refractivity contribution >= 4 is 0 Å². The molecule has 2 rings (SSSR count). The number of hydrogen-bond donors (Lipinski definition) is 1. The number of pyridine rings is 1. The molecule has 1 aliphatic rings. The van der Waals surface area contributed by atoms with Crippen molar-refractivity contribution in [2.75, 3.05) is 13.7 Å². The van der Waals surface area contributed by atoms with Crippen LogP contribution in [0.3, 0.4) is 0 Å². The molecule has 1 heterocycles. The van der Waals surface area contributed by atoms with Gasteiger partial charge in [0.25, 0.3) is 0 Å². The fourth-order valence-electron chi connectivity index (χ4n) is 2.53. The Morgan fingerprint density at radius 3 is 2.83 bits per heavy atom. The van der Waals surface area contributed by atoms with Crippen LogP contribution in [0, 0.1) is 11.8 Å². The van der Waals surface area contributed by atoms with Crippen LogP contribution >= 0.6 is 0 Å². The molecule has 1 aliphatic carbocycles. The molecular formula is C15H24N2O. The molecule has 1 aromatic heterocycles. The van der Waals surface area contributed by atoms with Crippen LogP contribution < -0.4 is 10.1 Å². The van der Waals surface area contributed by atoms with Crippen LogP contribution in [0.2, 0.25) is 0 Å². The maximum absolute atomic E-state index is 5.66. The van der Waals surface area contributed by atoms with E-state index in [1.807, 2.05) is 13.2 Å². The summed E-state index contributed by atoms with van der Waals surface area (Å²) in [5, 5.41) is 3.43. The van der Waals surface area contributed by atoms with E-state index < -0.39 is 0 Å². The molecule has 1 fully saturated rings. The molecule has 1 saturated carbocycles. The quantitative estimate of drug-likeness (QED) is 0.804. The molecule has 3 heteroatoms. The summed E-state index contributed by atoms with van der Waals surface area (Å²) in [4.78, 5) is 4.30. The van der Waals surface area contributed by atoms with Crippen molar-refractivity contribution in [2.24, 2.45) is 11.8 Å². The van der Waals surface area contributed by atoms with Crippen molar-refractivity contribution in [3.05, 3.63) is 24.0 Å². The zero-order chi connectivity index (χ0) is 13.0. The zero-order valence-corrected chi connectivity index (χ0v) is 11.6. The smallest absolute Gasteiger partial charge is 0.137 e. The predicted octanol–water partition coefficient (Wildman–Crippen LogP) is 3.18. The van der Waals surface area contributed by atoms with Crippen molar-refractivity contribution in [3.63, 3.8) is 0 Å². The van der Waals surface area contributed by atoms with E-state index in [4.69, 9.17) is 4.74 Å². The summed E-state index contributed by atoms with van der Waals surface area (Å²) < 4.78 is 5.66. The van der Waals surface area contributed by atoms with Crippen LogP contribution in [0.1, 0.15) is 44.7 Å². The third-order valence-electron chi connectivity index (χ3n) is 3.77. The van der Waals surface area contributed by atoms with Crippen LogP contribution in [0.15, 0.2) is 18.5 Å². The van der Waals surface area contributed by atoms with E-state index in [1.54, 1.807) is 6.20 Å². The van der Waals surface area contributed by atoms with E-state index in [2.05, 4.69) is 30.2 Å². The molecule has 0 bridgehead atoms. The SMILES string of the molecule is CCCOc1cncc(C(NC)C(C)C2CC2)c1. The maximum atomic E-state index is 5.66. The standard InChI is InChI=1S/C15H24N2O/c1-4-7-18-14-8-13(9-17-10-14)15(16-3)11(2)12-5-6-12/h8-12,15-16H,4-7H2,1-3H3. The molecule has 0 aromatic carbocycles. The lowest BCUT2D eigenvalue weighted by molar-refractivity contribution is 0.313. The van der Waals surface area contributed by atoms with Gasteiger partial charge < -0.3 is 10.1 Å². The number of ether oxygens (including phenoxy) is 1. The average molecular weight is 248 g/mol. The first-order valence-corrected chi connectivity index (χ1v) is 7.01. The van der Waals surface area contributed by atoms with E-state index in [0.29, 0.717) is 12.0 Å². The molecule has 0 aliphatic heterocycles. The Hall–Kier alpha value is -1.09. The van der Waals surface area contributed by atoms with Crippen molar-refractivity contribution in [3.8, 4) is 5.75 Å². The van der Waals surface area contributed by atoms with Crippen LogP contribution in [-0.2, 0) is 0 Å². The molecule has 100 valence electrons. The monoisotopic (exact) mass is 248 g/mol. The summed E-state index contributed by atoms with van der Waals surface area (Å²) in [5.74, 6) is 2.43. The molecular weight excluding hydrogens is 224 g/mol. The average Bonchev–Trinajstić information content (AvgIpc) is 3.22. The van der Waals surface area contributed by atoms with E-state index in [9.17, 15) is 0 Å². The molecule has 2 atom stereocenters. The Morgan fingerprint density at radius 2 is 2.22 bits per heavy atom. The molecule has 1 aromatic rings. The number of hydrogen-bond acceptors (Lipinski definition) is 3. The van der Waals surface area contributed by atoms with Gasteiger partial charge in [0, 0.05) is 12.2 Å². The van der Waals surface area contributed by atoms with Gasteiger partial charge in [-0.2, -0.15) is 0 Å². The fraction of sp³-hybridized carbons (Fsp3) is 0.667. The van der Waals surface area contributed by atoms with Gasteiger partial charge in [0.1, 0.15) is 5.75 Å². The molecule has 0 saturated heterocycles. The number of aromatic nitrogens is 1. The number of rotatable bonds is 7. The largest absolute Gasteiger partial charge is 0.492 e. The minimum Gasteiger partial charge on any atom is -0.492 e. The summed E-state index contributed by atoms with van der Waals surface area (Å²) in [7, 11) is 2.03. The minimum atomic E-state index is 0.384. The summed E-state index contributed by atoms with van der Waals surface area (Å²) in [6.07, 6.45) is 7.53. The molecule has 0 radical (unpaired) electrons. The van der Waals surface area contributed by atoms with Gasteiger partial charge in [-0.3, -0.25) is 4.98 Å². The Kier molecular flexibility index (Phi) is 4.59. The Labute approximate surface area is 110 Å². The van der Waals surface area contributed by atoms with Crippen molar-refractivity contribution < 1.29 is 4.74 Å². The maximum Gasteiger partial charge on any atom is 0.137 e. The molecule has 0 spiro atoms. The highest BCUT2D eigenvalue weighted by molar-refractivity contribution is 5.26. The zero-order valence-electron chi connectivity index (χ0n) is 11.6. The van der Waals surface area contributed by atoms with Crippen LogP contribution in [0.25, 0.3) is 0 Å². The van der Waals surface area contributed by atoms with Crippen molar-refractivity contribution in [1.82, 2.24) is 10.3 Å². The van der Waals surface area contributed by atoms with E-state index in [0.717, 1.165) is 24.7 Å². The van der Waals surface area contributed by atoms with Crippen LogP contribution in [0.4, 0.5) is 0 Å². The summed E-state index contributed by atoms with van der Waals surface area (Å²) in [6.45, 7) is 5.20.